The molecule has 0 saturated heterocycles. The van der Waals surface area contributed by atoms with Crippen LogP contribution in [0, 0.1) is 20.8 Å². The molecule has 0 aliphatic rings. The minimum absolute atomic E-state index is 0.0768. The molecule has 1 atom stereocenters. The van der Waals surface area contributed by atoms with Gasteiger partial charge in [-0.3, -0.25) is 4.79 Å². The molecule has 1 amide bonds. The largest absolute Gasteiger partial charge is 0.482 e. The van der Waals surface area contributed by atoms with Gasteiger partial charge < -0.3 is 14.6 Å². The van der Waals surface area contributed by atoms with Crippen LogP contribution in [0.1, 0.15) is 35.5 Å². The number of hydrogen-bond donors (Lipinski definition) is 1. The minimum Gasteiger partial charge on any atom is -0.482 e. The maximum absolute atomic E-state index is 12.3. The second-order valence-corrected chi connectivity index (χ2v) is 8.00. The summed E-state index contributed by atoms with van der Waals surface area (Å²) in [6, 6.07) is 13.8. The number of aromatic nitrogens is 3. The Morgan fingerprint density at radius 1 is 1.10 bits per heavy atom. The Hall–Kier alpha value is -2.80. The molecule has 152 valence electrons. The van der Waals surface area contributed by atoms with Crippen LogP contribution in [-0.4, -0.2) is 26.4 Å². The van der Waals surface area contributed by atoms with E-state index < -0.39 is 0 Å². The molecule has 0 aliphatic heterocycles. The van der Waals surface area contributed by atoms with Gasteiger partial charge in [0.25, 0.3) is 0 Å². The molecule has 0 bridgehead atoms. The molecule has 0 spiro atoms. The van der Waals surface area contributed by atoms with Gasteiger partial charge in [0.15, 0.2) is 17.1 Å². The number of nitrogens with one attached hydrogen (secondary N) is 1. The van der Waals surface area contributed by atoms with Gasteiger partial charge in [-0.25, -0.2) is 0 Å². The smallest absolute Gasteiger partial charge is 0.234 e. The van der Waals surface area contributed by atoms with E-state index >= 15 is 0 Å². The number of para-hydroxylation sites is 1. The van der Waals surface area contributed by atoms with Crippen molar-refractivity contribution >= 4 is 23.4 Å². The molecule has 0 fully saturated rings. The van der Waals surface area contributed by atoms with Crippen molar-refractivity contribution in [2.24, 2.45) is 7.05 Å². The lowest BCUT2D eigenvalue weighted by Gasteiger charge is -2.15. The molecule has 1 unspecified atom stereocenters. The van der Waals surface area contributed by atoms with Crippen molar-refractivity contribution < 1.29 is 9.53 Å². The van der Waals surface area contributed by atoms with E-state index in [9.17, 15) is 4.79 Å². The standard InChI is InChI=1S/C22H26N4O2S/c1-14-10-11-18(12-16(14)3)23-20(27)13-29-22-25-24-21(26(22)5)17(4)28-19-9-7-6-8-15(19)2/h6-12,17H,13H2,1-5H3,(H,23,27). The number of carbonyl (C=O) groups is 1. The van der Waals surface area contributed by atoms with Crippen LogP contribution in [0.2, 0.25) is 0 Å². The molecule has 1 aromatic heterocycles. The maximum Gasteiger partial charge on any atom is 0.234 e. The van der Waals surface area contributed by atoms with Crippen molar-refractivity contribution in [3.8, 4) is 5.75 Å². The first-order valence-corrected chi connectivity index (χ1v) is 10.4. The molecule has 7 heteroatoms. The Labute approximate surface area is 175 Å². The quantitative estimate of drug-likeness (QED) is 0.576. The van der Waals surface area contributed by atoms with Crippen molar-refractivity contribution in [2.75, 3.05) is 11.1 Å². The van der Waals surface area contributed by atoms with Crippen LogP contribution in [-0.2, 0) is 11.8 Å². The number of ether oxygens (including phenoxy) is 1. The number of anilines is 1. The van der Waals surface area contributed by atoms with Crippen LogP contribution < -0.4 is 10.1 Å². The molecule has 0 saturated carbocycles. The summed E-state index contributed by atoms with van der Waals surface area (Å²) < 4.78 is 7.91. The molecule has 2 aromatic carbocycles. The Morgan fingerprint density at radius 2 is 1.86 bits per heavy atom. The topological polar surface area (TPSA) is 69.0 Å². The Bertz CT molecular complexity index is 1020. The number of aryl methyl sites for hydroxylation is 3. The highest BCUT2D eigenvalue weighted by Gasteiger charge is 2.18. The predicted octanol–water partition coefficient (Wildman–Crippen LogP) is 4.61. The van der Waals surface area contributed by atoms with E-state index in [1.54, 1.807) is 0 Å². The van der Waals surface area contributed by atoms with E-state index in [-0.39, 0.29) is 17.8 Å². The molecule has 0 radical (unpaired) electrons. The first-order chi connectivity index (χ1) is 13.8. The van der Waals surface area contributed by atoms with E-state index in [0.717, 1.165) is 22.6 Å². The third-order valence-electron chi connectivity index (χ3n) is 4.75. The van der Waals surface area contributed by atoms with Gasteiger partial charge in [-0.2, -0.15) is 0 Å². The third-order valence-corrected chi connectivity index (χ3v) is 5.77. The first kappa shape index (κ1) is 20.9. The maximum atomic E-state index is 12.3. The zero-order valence-corrected chi connectivity index (χ0v) is 18.2. The molecular weight excluding hydrogens is 384 g/mol. The summed E-state index contributed by atoms with van der Waals surface area (Å²) in [6.07, 6.45) is -0.257. The number of nitrogens with zero attached hydrogens (tertiary/aromatic N) is 3. The van der Waals surface area contributed by atoms with Crippen molar-refractivity contribution in [1.82, 2.24) is 14.8 Å². The monoisotopic (exact) mass is 410 g/mol. The predicted molar refractivity (Wildman–Crippen MR) is 116 cm³/mol. The molecule has 29 heavy (non-hydrogen) atoms. The summed E-state index contributed by atoms with van der Waals surface area (Å²) in [6.45, 7) is 8.03. The molecule has 1 N–H and O–H groups in total. The molecular formula is C22H26N4O2S. The normalized spacial score (nSPS) is 11.9. The van der Waals surface area contributed by atoms with E-state index in [0.29, 0.717) is 11.0 Å². The second-order valence-electron chi connectivity index (χ2n) is 7.06. The van der Waals surface area contributed by atoms with Gasteiger partial charge in [-0.15, -0.1) is 10.2 Å². The third kappa shape index (κ3) is 5.17. The van der Waals surface area contributed by atoms with Crippen molar-refractivity contribution in [1.29, 1.82) is 0 Å². The number of rotatable bonds is 7. The highest BCUT2D eigenvalue weighted by molar-refractivity contribution is 7.99. The highest BCUT2D eigenvalue weighted by atomic mass is 32.2. The fourth-order valence-electron chi connectivity index (χ4n) is 2.88. The van der Waals surface area contributed by atoms with E-state index in [1.165, 1.54) is 17.3 Å². The number of thioether (sulfide) groups is 1. The van der Waals surface area contributed by atoms with E-state index in [4.69, 9.17) is 4.74 Å². The SMILES string of the molecule is Cc1ccc(NC(=O)CSc2nnc(C(C)Oc3ccccc3C)n2C)cc1C. The zero-order valence-electron chi connectivity index (χ0n) is 17.4. The van der Waals surface area contributed by atoms with Gasteiger partial charge in [-0.05, 0) is 62.6 Å². The highest BCUT2D eigenvalue weighted by Crippen LogP contribution is 2.25. The molecule has 3 aromatic rings. The average Bonchev–Trinajstić information content (AvgIpc) is 3.05. The fraction of sp³-hybridized carbons (Fsp3) is 0.318. The second kappa shape index (κ2) is 9.13. The summed E-state index contributed by atoms with van der Waals surface area (Å²) in [5.41, 5.74) is 4.22. The van der Waals surface area contributed by atoms with Gasteiger partial charge in [0, 0.05) is 12.7 Å². The molecule has 6 nitrogen and oxygen atoms in total. The molecule has 0 aliphatic carbocycles. The van der Waals surface area contributed by atoms with Crippen molar-refractivity contribution in [3.63, 3.8) is 0 Å². The van der Waals surface area contributed by atoms with Crippen LogP contribution in [0.4, 0.5) is 5.69 Å². The Morgan fingerprint density at radius 3 is 2.59 bits per heavy atom. The average molecular weight is 411 g/mol. The molecule has 3 rings (SSSR count). The Balaban J connectivity index is 1.59. The van der Waals surface area contributed by atoms with Gasteiger partial charge in [0.1, 0.15) is 5.75 Å². The summed E-state index contributed by atoms with van der Waals surface area (Å²) in [5, 5.41) is 12.1. The first-order valence-electron chi connectivity index (χ1n) is 9.46. The van der Waals surface area contributed by atoms with Crippen molar-refractivity contribution in [2.45, 2.75) is 39.0 Å². The zero-order chi connectivity index (χ0) is 21.0. The Kier molecular flexibility index (Phi) is 6.59. The van der Waals surface area contributed by atoms with Gasteiger partial charge in [-0.1, -0.05) is 36.0 Å². The van der Waals surface area contributed by atoms with Gasteiger partial charge in [0.2, 0.25) is 5.91 Å². The summed E-state index contributed by atoms with van der Waals surface area (Å²) >= 11 is 1.35. The fourth-order valence-corrected chi connectivity index (χ4v) is 3.60. The van der Waals surface area contributed by atoms with Crippen LogP contribution in [0.25, 0.3) is 0 Å². The van der Waals surface area contributed by atoms with E-state index in [2.05, 4.69) is 15.5 Å². The lowest BCUT2D eigenvalue weighted by atomic mass is 10.1. The number of hydrogen-bond acceptors (Lipinski definition) is 5. The van der Waals surface area contributed by atoms with Crippen LogP contribution in [0.3, 0.4) is 0 Å². The van der Waals surface area contributed by atoms with Gasteiger partial charge in [0.05, 0.1) is 5.75 Å². The lowest BCUT2D eigenvalue weighted by molar-refractivity contribution is -0.113. The van der Waals surface area contributed by atoms with Crippen LogP contribution in [0.5, 0.6) is 5.75 Å². The van der Waals surface area contributed by atoms with Gasteiger partial charge >= 0.3 is 0 Å². The number of carbonyl (C=O) groups excluding carboxylic acids is 1. The summed E-state index contributed by atoms with van der Waals surface area (Å²) in [7, 11) is 1.89. The molecule has 1 heterocycles. The van der Waals surface area contributed by atoms with Crippen molar-refractivity contribution in [3.05, 3.63) is 65.0 Å². The lowest BCUT2D eigenvalue weighted by Crippen LogP contribution is -2.15. The van der Waals surface area contributed by atoms with Crippen LogP contribution in [0.15, 0.2) is 47.6 Å². The number of benzene rings is 2. The van der Waals surface area contributed by atoms with E-state index in [1.807, 2.05) is 81.8 Å². The summed E-state index contributed by atoms with van der Waals surface area (Å²) in [4.78, 5) is 12.3. The summed E-state index contributed by atoms with van der Waals surface area (Å²) in [5.74, 6) is 1.72. The van der Waals surface area contributed by atoms with Crippen LogP contribution >= 0.6 is 11.8 Å². The minimum atomic E-state index is -0.257. The number of amides is 1.